The van der Waals surface area contributed by atoms with Crippen LogP contribution in [0, 0.1) is 11.3 Å². The fourth-order valence-corrected chi connectivity index (χ4v) is 2.28. The Morgan fingerprint density at radius 2 is 1.45 bits per heavy atom. The highest BCUT2D eigenvalue weighted by molar-refractivity contribution is 6.00. The first-order valence-corrected chi connectivity index (χ1v) is 7.36. The molecule has 0 aromatic rings. The lowest BCUT2D eigenvalue weighted by molar-refractivity contribution is -0.176. The summed E-state index contributed by atoms with van der Waals surface area (Å²) in [6.07, 6.45) is 0.0854. The lowest BCUT2D eigenvalue weighted by Gasteiger charge is -2.32. The molecule has 1 unspecified atom stereocenters. The Hall–Kier alpha value is -1.10. The number of carbonyl (C=O) groups excluding carboxylic acids is 2. The van der Waals surface area contributed by atoms with Gasteiger partial charge in [0.15, 0.2) is 5.41 Å². The molecule has 0 saturated carbocycles. The minimum absolute atomic E-state index is 0.0410. The highest BCUT2D eigenvalue weighted by atomic mass is 16.6. The average molecular weight is 288 g/mol. The number of rotatable bonds is 9. The largest absolute Gasteiger partial charge is 0.465 e. The van der Waals surface area contributed by atoms with E-state index in [0.717, 1.165) is 0 Å². The van der Waals surface area contributed by atoms with Crippen molar-refractivity contribution in [2.24, 2.45) is 11.3 Å². The quantitative estimate of drug-likeness (QED) is 0.520. The standard InChI is InChI=1S/C15H28O5/c1-6-12(16)10-15(9-11(4)5,13(17)19-7-2)14(18)20-8-3/h11-12,16H,6-10H2,1-5H3. The van der Waals surface area contributed by atoms with E-state index in [1.54, 1.807) is 20.8 Å². The van der Waals surface area contributed by atoms with Crippen LogP contribution in [-0.4, -0.2) is 36.4 Å². The molecular formula is C15H28O5. The second-order valence-electron chi connectivity index (χ2n) is 5.39. The number of aliphatic hydroxyl groups excluding tert-OH is 1. The first-order chi connectivity index (χ1) is 9.33. The van der Waals surface area contributed by atoms with Crippen LogP contribution in [0.5, 0.6) is 0 Å². The molecule has 0 heterocycles. The van der Waals surface area contributed by atoms with Crippen LogP contribution in [0.2, 0.25) is 0 Å². The van der Waals surface area contributed by atoms with E-state index in [0.29, 0.717) is 12.8 Å². The maximum Gasteiger partial charge on any atom is 0.323 e. The predicted octanol–water partition coefficient (Wildman–Crippen LogP) is 2.31. The Morgan fingerprint density at radius 1 is 1.00 bits per heavy atom. The number of ether oxygens (including phenoxy) is 2. The SMILES string of the molecule is CCOC(=O)C(CC(C)C)(CC(O)CC)C(=O)OCC. The summed E-state index contributed by atoms with van der Waals surface area (Å²) in [5.41, 5.74) is -1.41. The lowest BCUT2D eigenvalue weighted by atomic mass is 9.75. The third kappa shape index (κ3) is 5.12. The normalized spacial score (nSPS) is 13.2. The Balaban J connectivity index is 5.48. The predicted molar refractivity (Wildman–Crippen MR) is 76.1 cm³/mol. The van der Waals surface area contributed by atoms with Gasteiger partial charge in [-0.3, -0.25) is 9.59 Å². The summed E-state index contributed by atoms with van der Waals surface area (Å²) < 4.78 is 10.1. The molecular weight excluding hydrogens is 260 g/mol. The maximum atomic E-state index is 12.3. The van der Waals surface area contributed by atoms with Crippen molar-refractivity contribution in [1.29, 1.82) is 0 Å². The maximum absolute atomic E-state index is 12.3. The molecule has 118 valence electrons. The zero-order valence-corrected chi connectivity index (χ0v) is 13.3. The van der Waals surface area contributed by atoms with Crippen LogP contribution in [-0.2, 0) is 19.1 Å². The van der Waals surface area contributed by atoms with Crippen molar-refractivity contribution in [2.45, 2.75) is 60.0 Å². The highest BCUT2D eigenvalue weighted by Crippen LogP contribution is 2.36. The Morgan fingerprint density at radius 3 is 1.75 bits per heavy atom. The molecule has 0 aromatic carbocycles. The van der Waals surface area contributed by atoms with Crippen molar-refractivity contribution in [3.8, 4) is 0 Å². The van der Waals surface area contributed by atoms with Gasteiger partial charge in [0, 0.05) is 6.42 Å². The van der Waals surface area contributed by atoms with Gasteiger partial charge in [0.2, 0.25) is 0 Å². The van der Waals surface area contributed by atoms with Crippen LogP contribution in [0.1, 0.15) is 53.9 Å². The molecule has 0 bridgehead atoms. The van der Waals surface area contributed by atoms with Gasteiger partial charge in [-0.2, -0.15) is 0 Å². The summed E-state index contributed by atoms with van der Waals surface area (Å²) in [4.78, 5) is 24.7. The zero-order valence-electron chi connectivity index (χ0n) is 13.3. The topological polar surface area (TPSA) is 72.8 Å². The smallest absolute Gasteiger partial charge is 0.323 e. The van der Waals surface area contributed by atoms with E-state index in [4.69, 9.17) is 9.47 Å². The number of carbonyl (C=O) groups is 2. The number of hydrogen-bond acceptors (Lipinski definition) is 5. The van der Waals surface area contributed by atoms with Gasteiger partial charge in [0.25, 0.3) is 0 Å². The molecule has 0 spiro atoms. The van der Waals surface area contributed by atoms with Crippen LogP contribution < -0.4 is 0 Å². The van der Waals surface area contributed by atoms with E-state index in [-0.39, 0.29) is 25.6 Å². The van der Waals surface area contributed by atoms with Gasteiger partial charge in [-0.25, -0.2) is 0 Å². The first-order valence-electron chi connectivity index (χ1n) is 7.36. The summed E-state index contributed by atoms with van der Waals surface area (Å²) in [7, 11) is 0. The van der Waals surface area contributed by atoms with E-state index in [9.17, 15) is 14.7 Å². The number of hydrogen-bond donors (Lipinski definition) is 1. The van der Waals surface area contributed by atoms with Gasteiger partial charge < -0.3 is 14.6 Å². The van der Waals surface area contributed by atoms with Gasteiger partial charge in [-0.1, -0.05) is 20.8 Å². The molecule has 20 heavy (non-hydrogen) atoms. The second-order valence-corrected chi connectivity index (χ2v) is 5.39. The number of aliphatic hydroxyl groups is 1. The lowest BCUT2D eigenvalue weighted by Crippen LogP contribution is -2.45. The minimum atomic E-state index is -1.41. The van der Waals surface area contributed by atoms with Crippen LogP contribution in [0.3, 0.4) is 0 Å². The third-order valence-electron chi connectivity index (χ3n) is 3.14. The molecule has 0 amide bonds. The van der Waals surface area contributed by atoms with Crippen LogP contribution in [0.25, 0.3) is 0 Å². The van der Waals surface area contributed by atoms with Gasteiger partial charge in [0.05, 0.1) is 19.3 Å². The van der Waals surface area contributed by atoms with Crippen molar-refractivity contribution in [3.63, 3.8) is 0 Å². The molecule has 1 N–H and O–H groups in total. The summed E-state index contributed by atoms with van der Waals surface area (Å²) in [5.74, 6) is -1.09. The highest BCUT2D eigenvalue weighted by Gasteiger charge is 2.50. The Kier molecular flexibility index (Phi) is 8.46. The molecule has 0 aliphatic rings. The second kappa shape index (κ2) is 8.95. The summed E-state index contributed by atoms with van der Waals surface area (Å²) in [5, 5.41) is 9.93. The zero-order chi connectivity index (χ0) is 15.8. The molecule has 0 fully saturated rings. The summed E-state index contributed by atoms with van der Waals surface area (Å²) in [6.45, 7) is 9.43. The molecule has 0 aliphatic heterocycles. The van der Waals surface area contributed by atoms with Gasteiger partial charge in [0.1, 0.15) is 0 Å². The summed E-state index contributed by atoms with van der Waals surface area (Å²) >= 11 is 0. The van der Waals surface area contributed by atoms with E-state index >= 15 is 0 Å². The van der Waals surface area contributed by atoms with Crippen molar-refractivity contribution in [2.75, 3.05) is 13.2 Å². The van der Waals surface area contributed by atoms with Gasteiger partial charge in [-0.05, 0) is 32.6 Å². The summed E-state index contributed by atoms with van der Waals surface area (Å²) in [6, 6.07) is 0. The van der Waals surface area contributed by atoms with Crippen LogP contribution in [0.4, 0.5) is 0 Å². The van der Waals surface area contributed by atoms with Crippen molar-refractivity contribution < 1.29 is 24.2 Å². The Labute approximate surface area is 121 Å². The molecule has 5 heteroatoms. The molecule has 0 saturated heterocycles. The fraction of sp³-hybridized carbons (Fsp3) is 0.867. The molecule has 1 atom stereocenters. The van der Waals surface area contributed by atoms with E-state index in [1.807, 2.05) is 13.8 Å². The first kappa shape index (κ1) is 18.9. The van der Waals surface area contributed by atoms with Crippen molar-refractivity contribution >= 4 is 11.9 Å². The number of esters is 2. The van der Waals surface area contributed by atoms with Gasteiger partial charge in [-0.15, -0.1) is 0 Å². The van der Waals surface area contributed by atoms with Crippen molar-refractivity contribution in [3.05, 3.63) is 0 Å². The van der Waals surface area contributed by atoms with Crippen LogP contribution in [0.15, 0.2) is 0 Å². The van der Waals surface area contributed by atoms with E-state index in [2.05, 4.69) is 0 Å². The Bertz CT molecular complexity index is 293. The molecule has 0 aromatic heterocycles. The third-order valence-corrected chi connectivity index (χ3v) is 3.14. The fourth-order valence-electron chi connectivity index (χ4n) is 2.28. The van der Waals surface area contributed by atoms with Crippen LogP contribution >= 0.6 is 0 Å². The molecule has 0 rings (SSSR count). The van der Waals surface area contributed by atoms with Crippen molar-refractivity contribution in [1.82, 2.24) is 0 Å². The monoisotopic (exact) mass is 288 g/mol. The van der Waals surface area contributed by atoms with E-state index < -0.39 is 23.5 Å². The minimum Gasteiger partial charge on any atom is -0.465 e. The molecule has 5 nitrogen and oxygen atoms in total. The average Bonchev–Trinajstić information content (AvgIpc) is 2.37. The molecule has 0 aliphatic carbocycles. The van der Waals surface area contributed by atoms with E-state index in [1.165, 1.54) is 0 Å². The van der Waals surface area contributed by atoms with Gasteiger partial charge >= 0.3 is 11.9 Å². The molecule has 0 radical (unpaired) electrons.